The van der Waals surface area contributed by atoms with Gasteiger partial charge in [-0.3, -0.25) is 0 Å². The van der Waals surface area contributed by atoms with Crippen LogP contribution in [0.2, 0.25) is 0 Å². The van der Waals surface area contributed by atoms with Gasteiger partial charge in [-0.1, -0.05) is 0 Å². The normalized spacial score (nSPS) is 12.6. The zero-order chi connectivity index (χ0) is 18.6. The van der Waals surface area contributed by atoms with Gasteiger partial charge >= 0.3 is 21.6 Å². The van der Waals surface area contributed by atoms with Gasteiger partial charge in [0.15, 0.2) is 4.88 Å². The maximum atomic E-state index is 12.5. The van der Waals surface area contributed by atoms with Gasteiger partial charge in [0, 0.05) is 11.6 Å². The molecule has 25 heavy (non-hydrogen) atoms. The molecule has 0 bridgehead atoms. The summed E-state index contributed by atoms with van der Waals surface area (Å²) in [5.41, 5.74) is -4.87. The van der Waals surface area contributed by atoms with E-state index in [4.69, 9.17) is 5.11 Å². The van der Waals surface area contributed by atoms with E-state index in [-0.39, 0.29) is 5.01 Å². The molecule has 3 aromatic heterocycles. The molecule has 0 radical (unpaired) electrons. The zero-order valence-electron chi connectivity index (χ0n) is 11.9. The first-order chi connectivity index (χ1) is 11.5. The molecule has 0 saturated heterocycles. The van der Waals surface area contributed by atoms with Crippen molar-refractivity contribution in [2.45, 2.75) is 12.4 Å². The largest absolute Gasteiger partial charge is 0.534 e. The van der Waals surface area contributed by atoms with Crippen molar-refractivity contribution in [3.05, 3.63) is 22.1 Å². The third-order valence-electron chi connectivity index (χ3n) is 2.90. The van der Waals surface area contributed by atoms with E-state index in [9.17, 15) is 26.4 Å². The Kier molecular flexibility index (Phi) is 4.00. The third-order valence-corrected chi connectivity index (χ3v) is 5.76. The number of carboxylic acid groups (broad SMARTS) is 1. The van der Waals surface area contributed by atoms with Crippen LogP contribution in [-0.2, 0) is 10.1 Å². The van der Waals surface area contributed by atoms with E-state index in [0.717, 1.165) is 0 Å². The second kappa shape index (κ2) is 5.67. The number of hydrogen-bond donors (Lipinski definition) is 1. The highest BCUT2D eigenvalue weighted by molar-refractivity contribution is 7.88. The molecule has 3 rings (SSSR count). The number of carbonyl (C=O) groups is 1. The van der Waals surface area contributed by atoms with Crippen LogP contribution in [0.4, 0.5) is 13.2 Å². The Bertz CT molecular complexity index is 1080. The SMILES string of the molecule is Cc1nn2ccsc2c1-c1nc(OS(=O)(=O)C(F)(F)F)c(C(=O)O)s1. The molecular formula is C11H6F3N3O5S3. The molecule has 0 aliphatic rings. The molecule has 0 amide bonds. The number of nitrogens with zero attached hydrogens (tertiary/aromatic N) is 3. The van der Waals surface area contributed by atoms with Crippen molar-refractivity contribution in [2.75, 3.05) is 0 Å². The van der Waals surface area contributed by atoms with Crippen LogP contribution >= 0.6 is 22.7 Å². The fourth-order valence-electron chi connectivity index (χ4n) is 1.89. The van der Waals surface area contributed by atoms with Crippen molar-refractivity contribution in [1.29, 1.82) is 0 Å². The van der Waals surface area contributed by atoms with Crippen molar-refractivity contribution in [3.63, 3.8) is 0 Å². The molecule has 0 aliphatic carbocycles. The molecule has 0 aliphatic heterocycles. The average Bonchev–Trinajstić information content (AvgIpc) is 3.11. The van der Waals surface area contributed by atoms with Crippen LogP contribution in [0.25, 0.3) is 15.4 Å². The summed E-state index contributed by atoms with van der Waals surface area (Å²) >= 11 is 1.75. The maximum absolute atomic E-state index is 12.5. The molecule has 0 spiro atoms. The number of fused-ring (bicyclic) bond motifs is 1. The molecule has 0 atom stereocenters. The van der Waals surface area contributed by atoms with Crippen LogP contribution in [0.1, 0.15) is 15.4 Å². The van der Waals surface area contributed by atoms with E-state index in [1.807, 2.05) is 0 Å². The highest BCUT2D eigenvalue weighted by Gasteiger charge is 2.49. The third kappa shape index (κ3) is 2.96. The minimum Gasteiger partial charge on any atom is -0.477 e. The Morgan fingerprint density at radius 1 is 1.40 bits per heavy atom. The molecule has 0 unspecified atom stereocenters. The quantitative estimate of drug-likeness (QED) is 0.517. The molecule has 14 heteroatoms. The van der Waals surface area contributed by atoms with E-state index >= 15 is 0 Å². The lowest BCUT2D eigenvalue weighted by molar-refractivity contribution is -0.0501. The summed E-state index contributed by atoms with van der Waals surface area (Å²) in [6.45, 7) is 1.60. The number of aryl methyl sites for hydroxylation is 1. The van der Waals surface area contributed by atoms with Gasteiger partial charge in [0.1, 0.15) is 9.84 Å². The van der Waals surface area contributed by atoms with E-state index in [1.54, 1.807) is 18.5 Å². The molecule has 8 nitrogen and oxygen atoms in total. The summed E-state index contributed by atoms with van der Waals surface area (Å²) in [6, 6.07) is 0. The standard InChI is InChI=1S/C11H6F3N3O5S3/c1-4-5(9-17(16-4)2-3-23-9)8-15-7(6(24-8)10(18)19)22-25(20,21)11(12,13)14/h2-3H,1H3,(H,18,19). The van der Waals surface area contributed by atoms with Crippen molar-refractivity contribution in [3.8, 4) is 16.5 Å². The fourth-order valence-corrected chi connectivity index (χ4v) is 4.24. The molecule has 134 valence electrons. The highest BCUT2D eigenvalue weighted by Crippen LogP contribution is 2.39. The molecule has 0 fully saturated rings. The predicted molar refractivity (Wildman–Crippen MR) is 81.5 cm³/mol. The van der Waals surface area contributed by atoms with Gasteiger partial charge in [-0.2, -0.15) is 31.7 Å². The first-order valence-electron chi connectivity index (χ1n) is 6.19. The zero-order valence-corrected chi connectivity index (χ0v) is 14.4. The number of rotatable bonds is 4. The van der Waals surface area contributed by atoms with Crippen LogP contribution in [0.15, 0.2) is 11.6 Å². The van der Waals surface area contributed by atoms with Crippen LogP contribution in [0.5, 0.6) is 5.88 Å². The number of aromatic carboxylic acids is 1. The number of hydrogen-bond acceptors (Lipinski definition) is 8. The van der Waals surface area contributed by atoms with E-state index in [1.165, 1.54) is 15.9 Å². The van der Waals surface area contributed by atoms with Crippen molar-refractivity contribution in [2.24, 2.45) is 0 Å². The van der Waals surface area contributed by atoms with Crippen molar-refractivity contribution in [1.82, 2.24) is 14.6 Å². The van der Waals surface area contributed by atoms with Crippen molar-refractivity contribution < 1.29 is 35.7 Å². The molecule has 1 N–H and O–H groups in total. The Labute approximate surface area is 145 Å². The summed E-state index contributed by atoms with van der Waals surface area (Å²) < 4.78 is 65.1. The monoisotopic (exact) mass is 413 g/mol. The molecular weight excluding hydrogens is 407 g/mol. The first kappa shape index (κ1) is 17.6. The van der Waals surface area contributed by atoms with Gasteiger partial charge in [0.05, 0.1) is 11.3 Å². The summed E-state index contributed by atoms with van der Waals surface area (Å²) in [4.78, 5) is 14.7. The van der Waals surface area contributed by atoms with Gasteiger partial charge in [-0.25, -0.2) is 9.31 Å². The van der Waals surface area contributed by atoms with Gasteiger partial charge in [0.2, 0.25) is 0 Å². The molecule has 3 aromatic rings. The number of aromatic nitrogens is 3. The van der Waals surface area contributed by atoms with Gasteiger partial charge in [-0.05, 0) is 6.92 Å². The van der Waals surface area contributed by atoms with Gasteiger partial charge in [0.25, 0.3) is 5.88 Å². The van der Waals surface area contributed by atoms with E-state index < -0.39 is 32.4 Å². The number of halogens is 3. The topological polar surface area (TPSA) is 111 Å². The lowest BCUT2D eigenvalue weighted by atomic mass is 10.3. The van der Waals surface area contributed by atoms with E-state index in [0.29, 0.717) is 27.4 Å². The molecule has 3 heterocycles. The molecule has 0 aromatic carbocycles. The Hall–Kier alpha value is -2.19. The smallest absolute Gasteiger partial charge is 0.477 e. The average molecular weight is 413 g/mol. The summed E-state index contributed by atoms with van der Waals surface area (Å²) in [5.74, 6) is -2.80. The first-order valence-corrected chi connectivity index (χ1v) is 9.29. The second-order valence-corrected chi connectivity index (χ2v) is 7.99. The lowest BCUT2D eigenvalue weighted by Gasteiger charge is -2.07. The summed E-state index contributed by atoms with van der Waals surface area (Å²) in [6.07, 6.45) is 1.63. The fraction of sp³-hybridized carbons (Fsp3) is 0.182. The Morgan fingerprint density at radius 3 is 2.68 bits per heavy atom. The van der Waals surface area contributed by atoms with Crippen molar-refractivity contribution >= 4 is 43.6 Å². The second-order valence-electron chi connectivity index (χ2n) is 4.55. The maximum Gasteiger partial charge on any atom is 0.534 e. The Balaban J connectivity index is 2.15. The minimum atomic E-state index is -6.04. The van der Waals surface area contributed by atoms with Crippen LogP contribution in [0.3, 0.4) is 0 Å². The highest BCUT2D eigenvalue weighted by atomic mass is 32.2. The summed E-state index contributed by atoms with van der Waals surface area (Å²) in [5, 5.41) is 15.0. The number of alkyl halides is 3. The molecule has 0 saturated carbocycles. The van der Waals surface area contributed by atoms with Gasteiger partial charge < -0.3 is 9.29 Å². The lowest BCUT2D eigenvalue weighted by Crippen LogP contribution is -2.28. The van der Waals surface area contributed by atoms with E-state index in [2.05, 4.69) is 14.3 Å². The van der Waals surface area contributed by atoms with Crippen LogP contribution in [0, 0.1) is 6.92 Å². The van der Waals surface area contributed by atoms with Gasteiger partial charge in [-0.15, -0.1) is 22.7 Å². The Morgan fingerprint density at radius 2 is 2.08 bits per heavy atom. The van der Waals surface area contributed by atoms with Crippen LogP contribution in [-0.4, -0.2) is 39.6 Å². The summed E-state index contributed by atoms with van der Waals surface area (Å²) in [7, 11) is -6.04. The number of thiazole rings is 2. The predicted octanol–water partition coefficient (Wildman–Crippen LogP) is 2.75. The minimum absolute atomic E-state index is 0.0141. The van der Waals surface area contributed by atoms with Crippen LogP contribution < -0.4 is 4.18 Å². The number of carboxylic acids is 1.